The van der Waals surface area contributed by atoms with Crippen LogP contribution in [0.4, 0.5) is 13.2 Å². The number of aromatic nitrogens is 2. The van der Waals surface area contributed by atoms with Gasteiger partial charge in [0.2, 0.25) is 5.91 Å². The van der Waals surface area contributed by atoms with E-state index in [1.165, 1.54) is 0 Å². The summed E-state index contributed by atoms with van der Waals surface area (Å²) >= 11 is 0. The van der Waals surface area contributed by atoms with Crippen molar-refractivity contribution in [1.29, 1.82) is 0 Å². The van der Waals surface area contributed by atoms with Gasteiger partial charge in [-0.05, 0) is 18.9 Å². The van der Waals surface area contributed by atoms with Gasteiger partial charge in [0, 0.05) is 38.4 Å². The number of halogens is 3. The fraction of sp³-hybridized carbons (Fsp3) is 0.692. The van der Waals surface area contributed by atoms with Crippen molar-refractivity contribution < 1.29 is 18.0 Å². The standard InChI is InChI=1S/C13H19F3N4O/c14-13(15,16)10-17-6-4-12(21)19-7-1-3-11(9-19)20-8-2-5-18-20/h2,5,8,11,17H,1,3-4,6-7,9-10H2/t11-/m1/s1. The minimum Gasteiger partial charge on any atom is -0.341 e. The molecule has 0 spiro atoms. The minimum atomic E-state index is -4.24. The molecular weight excluding hydrogens is 285 g/mol. The Kier molecular flexibility index (Phi) is 5.22. The first-order valence-corrected chi connectivity index (χ1v) is 7.00. The van der Waals surface area contributed by atoms with E-state index < -0.39 is 12.7 Å². The molecule has 0 saturated carbocycles. The smallest absolute Gasteiger partial charge is 0.341 e. The molecule has 21 heavy (non-hydrogen) atoms. The van der Waals surface area contributed by atoms with Crippen LogP contribution in [-0.4, -0.2) is 52.9 Å². The van der Waals surface area contributed by atoms with Crippen LogP contribution in [0.2, 0.25) is 0 Å². The Balaban J connectivity index is 1.74. The van der Waals surface area contributed by atoms with E-state index in [1.54, 1.807) is 11.1 Å². The number of amides is 1. The van der Waals surface area contributed by atoms with E-state index in [0.29, 0.717) is 13.1 Å². The zero-order chi connectivity index (χ0) is 15.3. The molecule has 0 aromatic carbocycles. The van der Waals surface area contributed by atoms with Crippen molar-refractivity contribution in [2.24, 2.45) is 0 Å². The SMILES string of the molecule is O=C(CCNCC(F)(F)F)N1CCC[C@@H](n2cccn2)C1. The van der Waals surface area contributed by atoms with Crippen molar-refractivity contribution >= 4 is 5.91 Å². The highest BCUT2D eigenvalue weighted by molar-refractivity contribution is 5.76. The molecule has 1 N–H and O–H groups in total. The van der Waals surface area contributed by atoms with Gasteiger partial charge in [0.25, 0.3) is 0 Å². The van der Waals surface area contributed by atoms with Gasteiger partial charge in [0.05, 0.1) is 12.6 Å². The average Bonchev–Trinajstić information content (AvgIpc) is 2.96. The quantitative estimate of drug-likeness (QED) is 0.841. The molecule has 5 nitrogen and oxygen atoms in total. The maximum absolute atomic E-state index is 12.0. The van der Waals surface area contributed by atoms with Crippen LogP contribution in [0.15, 0.2) is 18.5 Å². The Labute approximate surface area is 121 Å². The van der Waals surface area contributed by atoms with Crippen LogP contribution in [0.1, 0.15) is 25.3 Å². The molecule has 2 rings (SSSR count). The molecule has 8 heteroatoms. The maximum Gasteiger partial charge on any atom is 0.401 e. The summed E-state index contributed by atoms with van der Waals surface area (Å²) in [6.07, 6.45) is 1.25. The fourth-order valence-corrected chi connectivity index (χ4v) is 2.48. The zero-order valence-corrected chi connectivity index (χ0v) is 11.6. The second-order valence-electron chi connectivity index (χ2n) is 5.16. The Bertz CT molecular complexity index is 447. The third-order valence-electron chi connectivity index (χ3n) is 3.49. The Hall–Kier alpha value is -1.57. The summed E-state index contributed by atoms with van der Waals surface area (Å²) in [7, 11) is 0. The molecule has 0 unspecified atom stereocenters. The topological polar surface area (TPSA) is 50.2 Å². The Morgan fingerprint density at radius 2 is 2.24 bits per heavy atom. The second-order valence-corrected chi connectivity index (χ2v) is 5.16. The van der Waals surface area contributed by atoms with Gasteiger partial charge in [0.1, 0.15) is 0 Å². The van der Waals surface area contributed by atoms with Crippen LogP contribution in [0, 0.1) is 0 Å². The van der Waals surface area contributed by atoms with Gasteiger partial charge in [-0.15, -0.1) is 0 Å². The van der Waals surface area contributed by atoms with Crippen LogP contribution in [-0.2, 0) is 4.79 Å². The molecule has 1 amide bonds. The van der Waals surface area contributed by atoms with Gasteiger partial charge < -0.3 is 10.2 Å². The lowest BCUT2D eigenvalue weighted by Crippen LogP contribution is -2.42. The molecule has 1 aliphatic rings. The second kappa shape index (κ2) is 6.93. The van der Waals surface area contributed by atoms with Crippen molar-refractivity contribution in [1.82, 2.24) is 20.0 Å². The molecule has 1 saturated heterocycles. The summed E-state index contributed by atoms with van der Waals surface area (Å²) in [5, 5.41) is 6.42. The van der Waals surface area contributed by atoms with Crippen molar-refractivity contribution in [3.63, 3.8) is 0 Å². The highest BCUT2D eigenvalue weighted by Crippen LogP contribution is 2.21. The largest absolute Gasteiger partial charge is 0.401 e. The third-order valence-corrected chi connectivity index (χ3v) is 3.49. The van der Waals surface area contributed by atoms with E-state index in [2.05, 4.69) is 10.4 Å². The number of hydrogen-bond acceptors (Lipinski definition) is 3. The first kappa shape index (κ1) is 15.8. The van der Waals surface area contributed by atoms with E-state index in [0.717, 1.165) is 12.8 Å². The van der Waals surface area contributed by atoms with Gasteiger partial charge in [-0.1, -0.05) is 0 Å². The number of carbonyl (C=O) groups is 1. The van der Waals surface area contributed by atoms with Crippen molar-refractivity contribution in [3.8, 4) is 0 Å². The lowest BCUT2D eigenvalue weighted by Gasteiger charge is -2.33. The van der Waals surface area contributed by atoms with E-state index in [9.17, 15) is 18.0 Å². The zero-order valence-electron chi connectivity index (χ0n) is 11.6. The number of carbonyl (C=O) groups excluding carboxylic acids is 1. The summed E-state index contributed by atoms with van der Waals surface area (Å²) < 4.78 is 37.8. The molecule has 1 fully saturated rings. The minimum absolute atomic E-state index is 0.0429. The van der Waals surface area contributed by atoms with Gasteiger partial charge in [-0.3, -0.25) is 9.48 Å². The number of alkyl halides is 3. The van der Waals surface area contributed by atoms with Crippen molar-refractivity contribution in [3.05, 3.63) is 18.5 Å². The molecule has 0 bridgehead atoms. The van der Waals surface area contributed by atoms with Gasteiger partial charge in [-0.2, -0.15) is 18.3 Å². The number of hydrogen-bond donors (Lipinski definition) is 1. The Morgan fingerprint density at radius 3 is 2.90 bits per heavy atom. The monoisotopic (exact) mass is 304 g/mol. The van der Waals surface area contributed by atoms with Gasteiger partial charge in [-0.25, -0.2) is 0 Å². The summed E-state index contributed by atoms with van der Waals surface area (Å²) in [6.45, 7) is 0.215. The van der Waals surface area contributed by atoms with Gasteiger partial charge >= 0.3 is 6.18 Å². The predicted octanol–water partition coefficient (Wildman–Crippen LogP) is 1.59. The summed E-state index contributed by atoms with van der Waals surface area (Å²) in [5.41, 5.74) is 0. The van der Waals surface area contributed by atoms with Crippen LogP contribution in [0.3, 0.4) is 0 Å². The van der Waals surface area contributed by atoms with Crippen LogP contribution in [0.5, 0.6) is 0 Å². The predicted molar refractivity (Wildman–Crippen MR) is 70.6 cm³/mol. The number of nitrogens with zero attached hydrogens (tertiary/aromatic N) is 3. The average molecular weight is 304 g/mol. The van der Waals surface area contributed by atoms with Gasteiger partial charge in [0.15, 0.2) is 0 Å². The van der Waals surface area contributed by atoms with E-state index in [-0.39, 0.29) is 24.9 Å². The first-order chi connectivity index (χ1) is 9.96. The highest BCUT2D eigenvalue weighted by Gasteiger charge is 2.27. The van der Waals surface area contributed by atoms with E-state index in [4.69, 9.17) is 0 Å². The van der Waals surface area contributed by atoms with Crippen LogP contribution < -0.4 is 5.32 Å². The molecule has 1 aromatic heterocycles. The van der Waals surface area contributed by atoms with Crippen molar-refractivity contribution in [2.45, 2.75) is 31.5 Å². The number of nitrogens with one attached hydrogen (secondary N) is 1. The number of rotatable bonds is 5. The summed E-state index contributed by atoms with van der Waals surface area (Å²) in [5.74, 6) is -0.110. The molecule has 1 aliphatic heterocycles. The summed E-state index contributed by atoms with van der Waals surface area (Å²) in [6, 6.07) is 1.99. The van der Waals surface area contributed by atoms with E-state index in [1.807, 2.05) is 16.9 Å². The lowest BCUT2D eigenvalue weighted by atomic mass is 10.1. The van der Waals surface area contributed by atoms with E-state index >= 15 is 0 Å². The fourth-order valence-electron chi connectivity index (χ4n) is 2.48. The molecular formula is C13H19F3N4O. The number of likely N-dealkylation sites (tertiary alicyclic amines) is 1. The molecule has 1 atom stereocenters. The van der Waals surface area contributed by atoms with Crippen LogP contribution in [0.25, 0.3) is 0 Å². The molecule has 0 radical (unpaired) electrons. The normalized spacial score (nSPS) is 19.8. The molecule has 2 heterocycles. The van der Waals surface area contributed by atoms with Crippen molar-refractivity contribution in [2.75, 3.05) is 26.2 Å². The lowest BCUT2D eigenvalue weighted by molar-refractivity contribution is -0.134. The molecule has 118 valence electrons. The molecule has 1 aromatic rings. The highest BCUT2D eigenvalue weighted by atomic mass is 19.4. The molecule has 0 aliphatic carbocycles. The van der Waals surface area contributed by atoms with Crippen LogP contribution >= 0.6 is 0 Å². The maximum atomic E-state index is 12.0. The number of piperidine rings is 1. The Morgan fingerprint density at radius 1 is 1.43 bits per heavy atom. The third kappa shape index (κ3) is 5.04. The first-order valence-electron chi connectivity index (χ1n) is 7.00. The summed E-state index contributed by atoms with van der Waals surface area (Å²) in [4.78, 5) is 13.7.